The zero-order valence-corrected chi connectivity index (χ0v) is 7.41. The van der Waals surface area contributed by atoms with Gasteiger partial charge in [-0.25, -0.2) is 10.2 Å². The van der Waals surface area contributed by atoms with Crippen LogP contribution in [0.1, 0.15) is 11.9 Å². The maximum atomic E-state index is 11.8. The van der Waals surface area contributed by atoms with E-state index in [1.165, 1.54) is 0 Å². The van der Waals surface area contributed by atoms with Crippen molar-refractivity contribution in [3.63, 3.8) is 0 Å². The first-order valence-electron chi connectivity index (χ1n) is 5.12. The van der Waals surface area contributed by atoms with Crippen LogP contribution < -0.4 is 10.2 Å². The fourth-order valence-corrected chi connectivity index (χ4v) is 2.01. The van der Waals surface area contributed by atoms with Crippen molar-refractivity contribution in [2.45, 2.75) is 6.42 Å². The molecule has 66 valence electrons. The third kappa shape index (κ3) is 3.09. The molecular formula is C5H12ClN2O2P. The summed E-state index contributed by atoms with van der Waals surface area (Å²) < 4.78 is 45.1. The topological polar surface area (TPSA) is 50.4 Å². The van der Waals surface area contributed by atoms with Crippen LogP contribution in [0.5, 0.6) is 0 Å². The van der Waals surface area contributed by atoms with Crippen LogP contribution in [-0.2, 0) is 9.09 Å². The van der Waals surface area contributed by atoms with E-state index < -0.39 is 26.6 Å². The smallest absolute Gasteiger partial charge is 0.306 e. The monoisotopic (exact) mass is 202 g/mol. The molecule has 1 saturated heterocycles. The number of nitrogens with one attached hydrogen (secondary N) is 2. The van der Waals surface area contributed by atoms with Gasteiger partial charge < -0.3 is 4.52 Å². The summed E-state index contributed by atoms with van der Waals surface area (Å²) in [6.45, 7) is -2.16. The molecule has 0 unspecified atom stereocenters. The van der Waals surface area contributed by atoms with E-state index in [2.05, 4.69) is 10.2 Å². The quantitative estimate of drug-likeness (QED) is 0.528. The standard InChI is InChI=1S/C5H12ClN2O2P/c6-2-4-8-11(9)7-3-1-5-10-11/h1-5H2,(H2,7,8,9)/t11-/m0/s1/i2D2,5D2. The molecule has 0 aromatic carbocycles. The van der Waals surface area contributed by atoms with Crippen LogP contribution in [0, 0.1) is 0 Å². The van der Waals surface area contributed by atoms with E-state index in [0.717, 1.165) is 0 Å². The number of halogens is 1. The van der Waals surface area contributed by atoms with Crippen molar-refractivity contribution in [3.05, 3.63) is 0 Å². The van der Waals surface area contributed by atoms with E-state index in [1.807, 2.05) is 0 Å². The van der Waals surface area contributed by atoms with Crippen LogP contribution in [0.2, 0.25) is 0 Å². The lowest BCUT2D eigenvalue weighted by Crippen LogP contribution is -2.30. The van der Waals surface area contributed by atoms with Crippen LogP contribution in [0.3, 0.4) is 0 Å². The van der Waals surface area contributed by atoms with Gasteiger partial charge in [0.15, 0.2) is 0 Å². The molecule has 2 N–H and O–H groups in total. The molecule has 1 rings (SSSR count). The van der Waals surface area contributed by atoms with E-state index in [0.29, 0.717) is 0 Å². The molecule has 1 atom stereocenters. The molecule has 1 aliphatic heterocycles. The molecule has 1 fully saturated rings. The Morgan fingerprint density at radius 1 is 2.00 bits per heavy atom. The summed E-state index contributed by atoms with van der Waals surface area (Å²) in [4.78, 5) is 0. The van der Waals surface area contributed by atoms with Gasteiger partial charge in [-0.1, -0.05) is 0 Å². The Balaban J connectivity index is 2.56. The molecule has 0 radical (unpaired) electrons. The first-order valence-corrected chi connectivity index (χ1v) is 5.12. The van der Waals surface area contributed by atoms with Crippen LogP contribution in [0.4, 0.5) is 0 Å². The average Bonchev–Trinajstić information content (AvgIpc) is 1.97. The lowest BCUT2D eigenvalue weighted by atomic mass is 10.5. The van der Waals surface area contributed by atoms with E-state index in [9.17, 15) is 4.57 Å². The fraction of sp³-hybridized carbons (Fsp3) is 1.00. The van der Waals surface area contributed by atoms with Crippen LogP contribution in [0.15, 0.2) is 0 Å². The molecule has 1 heterocycles. The summed E-state index contributed by atoms with van der Waals surface area (Å²) in [6.07, 6.45) is 0.0897. The lowest BCUT2D eigenvalue weighted by molar-refractivity contribution is 0.270. The van der Waals surface area contributed by atoms with Gasteiger partial charge in [-0.2, -0.15) is 0 Å². The summed E-state index contributed by atoms with van der Waals surface area (Å²) in [5, 5.41) is 4.75. The third-order valence-corrected chi connectivity index (χ3v) is 2.83. The van der Waals surface area contributed by atoms with E-state index >= 15 is 0 Å². The van der Waals surface area contributed by atoms with Gasteiger partial charge in [0.05, 0.1) is 9.30 Å². The summed E-state index contributed by atoms with van der Waals surface area (Å²) >= 11 is 5.26. The summed E-state index contributed by atoms with van der Waals surface area (Å²) in [5.74, 6) is -2.05. The minimum absolute atomic E-state index is 0.0897. The molecule has 4 nitrogen and oxygen atoms in total. The van der Waals surface area contributed by atoms with Crippen molar-refractivity contribution < 1.29 is 14.6 Å². The molecule has 1 aliphatic rings. The number of rotatable bonds is 3. The molecule has 0 bridgehead atoms. The highest BCUT2D eigenvalue weighted by atomic mass is 35.5. The van der Waals surface area contributed by atoms with Crippen LogP contribution in [0.25, 0.3) is 0 Å². The molecule has 0 aromatic rings. The van der Waals surface area contributed by atoms with Gasteiger partial charge in [-0.3, -0.25) is 4.57 Å². The Morgan fingerprint density at radius 2 is 2.82 bits per heavy atom. The highest BCUT2D eigenvalue weighted by Crippen LogP contribution is 2.39. The molecule has 0 saturated carbocycles. The molecule has 0 aromatic heterocycles. The fourth-order valence-electron chi connectivity index (χ4n) is 0.645. The summed E-state index contributed by atoms with van der Waals surface area (Å²) in [6, 6.07) is 0. The Hall–Kier alpha value is 0.400. The second kappa shape index (κ2) is 4.43. The first kappa shape index (κ1) is 5.20. The Labute approximate surface area is 76.8 Å². The molecule has 0 amide bonds. The number of hydrogen-bond acceptors (Lipinski definition) is 2. The first-order chi connectivity index (χ1) is 6.62. The second-order valence-corrected chi connectivity index (χ2v) is 4.10. The van der Waals surface area contributed by atoms with Crippen molar-refractivity contribution in [1.29, 1.82) is 0 Å². The number of alkyl halides is 1. The van der Waals surface area contributed by atoms with Crippen LogP contribution in [-0.4, -0.2) is 25.5 Å². The van der Waals surface area contributed by atoms with Gasteiger partial charge in [0.1, 0.15) is 0 Å². The third-order valence-electron chi connectivity index (χ3n) is 1.09. The van der Waals surface area contributed by atoms with Gasteiger partial charge in [-0.15, -0.1) is 11.6 Å². The lowest BCUT2D eigenvalue weighted by Gasteiger charge is -2.24. The predicted octanol–water partition coefficient (Wildman–Crippen LogP) is 0.933. The van der Waals surface area contributed by atoms with Gasteiger partial charge in [-0.05, 0) is 6.42 Å². The van der Waals surface area contributed by atoms with Crippen LogP contribution >= 0.6 is 19.3 Å². The SMILES string of the molecule is [2H]C([2H])(Cl)CN[P@]1(=O)NCCC([2H])([2H])O1. The molecule has 0 spiro atoms. The highest BCUT2D eigenvalue weighted by Gasteiger charge is 2.24. The van der Waals surface area contributed by atoms with E-state index in [1.54, 1.807) is 0 Å². The second-order valence-electron chi connectivity index (χ2n) is 1.91. The largest absolute Gasteiger partial charge is 0.340 e. The van der Waals surface area contributed by atoms with E-state index in [-0.39, 0.29) is 13.0 Å². The Kier molecular flexibility index (Phi) is 2.09. The molecule has 11 heavy (non-hydrogen) atoms. The normalized spacial score (nSPS) is 43.4. The van der Waals surface area contributed by atoms with Crippen molar-refractivity contribution >= 4 is 19.3 Å². The molecule has 0 aliphatic carbocycles. The number of hydrogen-bond donors (Lipinski definition) is 2. The van der Waals surface area contributed by atoms with E-state index in [4.69, 9.17) is 21.6 Å². The Morgan fingerprint density at radius 3 is 3.45 bits per heavy atom. The predicted molar refractivity (Wildman–Crippen MR) is 44.9 cm³/mol. The zero-order chi connectivity index (χ0) is 11.7. The molecule has 6 heteroatoms. The van der Waals surface area contributed by atoms with Gasteiger partial charge in [0.25, 0.3) is 0 Å². The summed E-state index contributed by atoms with van der Waals surface area (Å²) in [5.41, 5.74) is 0. The average molecular weight is 203 g/mol. The van der Waals surface area contributed by atoms with Crippen molar-refractivity contribution in [2.75, 3.05) is 25.5 Å². The Bertz CT molecular complexity index is 285. The van der Waals surface area contributed by atoms with Gasteiger partial charge >= 0.3 is 7.67 Å². The highest BCUT2D eigenvalue weighted by molar-refractivity contribution is 7.54. The van der Waals surface area contributed by atoms with Gasteiger partial charge in [0.2, 0.25) is 0 Å². The minimum atomic E-state index is -3.53. The molecular weight excluding hydrogens is 186 g/mol. The zero-order valence-electron chi connectivity index (χ0n) is 9.76. The van der Waals surface area contributed by atoms with Crippen molar-refractivity contribution in [2.24, 2.45) is 0 Å². The summed E-state index contributed by atoms with van der Waals surface area (Å²) in [7, 11) is -3.53. The van der Waals surface area contributed by atoms with Crippen molar-refractivity contribution in [3.8, 4) is 0 Å². The van der Waals surface area contributed by atoms with Crippen molar-refractivity contribution in [1.82, 2.24) is 10.2 Å². The minimum Gasteiger partial charge on any atom is -0.306 e. The maximum absolute atomic E-state index is 11.8. The maximum Gasteiger partial charge on any atom is 0.340 e. The van der Waals surface area contributed by atoms with Gasteiger partial charge in [0, 0.05) is 21.7 Å².